The summed E-state index contributed by atoms with van der Waals surface area (Å²) in [5.41, 5.74) is 0. The first-order valence-electron chi connectivity index (χ1n) is 4.62. The van der Waals surface area contributed by atoms with E-state index in [1.54, 1.807) is 6.08 Å². The number of rotatable bonds is 1. The third-order valence-electron chi connectivity index (χ3n) is 1.98. The lowest BCUT2D eigenvalue weighted by atomic mass is 9.97. The Kier molecular flexibility index (Phi) is 7.59. The molecule has 0 unspecified atom stereocenters. The Morgan fingerprint density at radius 3 is 2.55 bits per heavy atom. The van der Waals surface area contributed by atoms with Crippen LogP contribution >= 0.6 is 0 Å². The lowest BCUT2D eigenvalue weighted by molar-refractivity contribution is 0.369. The molecule has 1 aliphatic heterocycles. The zero-order valence-electron chi connectivity index (χ0n) is 7.90. The van der Waals surface area contributed by atoms with E-state index in [1.165, 1.54) is 32.4 Å². The largest absolute Gasteiger partial charge is 0.316 e. The number of allylic oxidation sites excluding steroid dienone is 1. The second-order valence-corrected chi connectivity index (χ2v) is 3.03. The lowest BCUT2D eigenvalue weighted by Gasteiger charge is -2.20. The van der Waals surface area contributed by atoms with Crippen molar-refractivity contribution in [1.29, 1.82) is 0 Å². The summed E-state index contributed by atoms with van der Waals surface area (Å²) < 4.78 is 0. The lowest BCUT2D eigenvalue weighted by Crippen LogP contribution is -2.29. The highest BCUT2D eigenvalue weighted by atomic mass is 14.9. The molecule has 0 spiro atoms. The van der Waals surface area contributed by atoms with E-state index in [2.05, 4.69) is 18.8 Å². The van der Waals surface area contributed by atoms with Crippen LogP contribution in [0.15, 0.2) is 12.7 Å². The van der Waals surface area contributed by atoms with Gasteiger partial charge in [0.25, 0.3) is 0 Å². The first-order chi connectivity index (χ1) is 5.35. The van der Waals surface area contributed by atoms with Gasteiger partial charge in [-0.3, -0.25) is 0 Å². The van der Waals surface area contributed by atoms with Crippen molar-refractivity contribution in [2.45, 2.75) is 33.1 Å². The average molecular weight is 155 g/mol. The van der Waals surface area contributed by atoms with Gasteiger partial charge in [0.05, 0.1) is 0 Å². The normalized spacial score (nSPS) is 23.3. The first-order valence-corrected chi connectivity index (χ1v) is 4.62. The fourth-order valence-electron chi connectivity index (χ4n) is 1.27. The van der Waals surface area contributed by atoms with E-state index in [4.69, 9.17) is 0 Å². The zero-order chi connectivity index (χ0) is 8.53. The van der Waals surface area contributed by atoms with Crippen molar-refractivity contribution in [3.8, 4) is 0 Å². The van der Waals surface area contributed by atoms with Gasteiger partial charge < -0.3 is 5.32 Å². The van der Waals surface area contributed by atoms with E-state index >= 15 is 0 Å². The summed E-state index contributed by atoms with van der Waals surface area (Å²) in [6.07, 6.45) is 5.94. The minimum absolute atomic E-state index is 0.976. The Bertz CT molecular complexity index is 82.9. The van der Waals surface area contributed by atoms with Gasteiger partial charge >= 0.3 is 0 Å². The van der Waals surface area contributed by atoms with Gasteiger partial charge in [-0.05, 0) is 38.8 Å². The van der Waals surface area contributed by atoms with Crippen LogP contribution in [0.4, 0.5) is 0 Å². The molecule has 0 bridgehead atoms. The summed E-state index contributed by atoms with van der Waals surface area (Å²) in [4.78, 5) is 0. The third kappa shape index (κ3) is 6.11. The van der Waals surface area contributed by atoms with Gasteiger partial charge in [-0.1, -0.05) is 19.4 Å². The minimum Gasteiger partial charge on any atom is -0.316 e. The maximum absolute atomic E-state index is 3.39. The smallest absolute Gasteiger partial charge is 0.00206 e. The van der Waals surface area contributed by atoms with Crippen molar-refractivity contribution in [3.05, 3.63) is 12.7 Å². The summed E-state index contributed by atoms with van der Waals surface area (Å²) in [7, 11) is 0. The Hall–Kier alpha value is -0.300. The first kappa shape index (κ1) is 10.7. The number of hydrogen-bond donors (Lipinski definition) is 1. The van der Waals surface area contributed by atoms with Gasteiger partial charge in [-0.2, -0.15) is 0 Å². The van der Waals surface area contributed by atoms with Crippen LogP contribution in [0.1, 0.15) is 33.1 Å². The Morgan fingerprint density at radius 1 is 1.64 bits per heavy atom. The molecule has 1 aliphatic rings. The van der Waals surface area contributed by atoms with Crippen LogP contribution in [0.3, 0.4) is 0 Å². The fourth-order valence-corrected chi connectivity index (χ4v) is 1.27. The van der Waals surface area contributed by atoms with Crippen molar-refractivity contribution < 1.29 is 0 Å². The molecular weight excluding hydrogens is 134 g/mol. The van der Waals surface area contributed by atoms with Crippen molar-refractivity contribution in [2.24, 2.45) is 5.92 Å². The second kappa shape index (κ2) is 7.80. The van der Waals surface area contributed by atoms with Crippen LogP contribution in [0.25, 0.3) is 0 Å². The van der Waals surface area contributed by atoms with Gasteiger partial charge in [0, 0.05) is 0 Å². The summed E-state index contributed by atoms with van der Waals surface area (Å²) in [5, 5.41) is 3.39. The molecule has 0 radical (unpaired) electrons. The van der Waals surface area contributed by atoms with E-state index in [0.29, 0.717) is 0 Å². The fraction of sp³-hybridized carbons (Fsp3) is 0.800. The summed E-state index contributed by atoms with van der Waals surface area (Å²) >= 11 is 0. The van der Waals surface area contributed by atoms with E-state index in [-0.39, 0.29) is 0 Å². The van der Waals surface area contributed by atoms with Crippen LogP contribution in [0.5, 0.6) is 0 Å². The molecule has 1 atom stereocenters. The number of nitrogens with one attached hydrogen (secondary N) is 1. The highest BCUT2D eigenvalue weighted by Gasteiger charge is 2.08. The van der Waals surface area contributed by atoms with Crippen molar-refractivity contribution in [1.82, 2.24) is 5.32 Å². The molecule has 0 aromatic heterocycles. The molecule has 0 aromatic rings. The zero-order valence-corrected chi connectivity index (χ0v) is 7.90. The molecule has 66 valence electrons. The van der Waals surface area contributed by atoms with Gasteiger partial charge in [0.15, 0.2) is 0 Å². The molecule has 1 nitrogen and oxygen atoms in total. The molecule has 1 rings (SSSR count). The maximum atomic E-state index is 3.39. The highest BCUT2D eigenvalue weighted by molar-refractivity contribution is 4.66. The summed E-state index contributed by atoms with van der Waals surface area (Å²) in [6, 6.07) is 0. The van der Waals surface area contributed by atoms with Crippen LogP contribution in [0.2, 0.25) is 0 Å². The quantitative estimate of drug-likeness (QED) is 0.574. The molecule has 0 amide bonds. The molecule has 0 aliphatic carbocycles. The van der Waals surface area contributed by atoms with E-state index in [9.17, 15) is 0 Å². The SMILES string of the molecule is C=CC.CC[C@H]1CCCNC1. The highest BCUT2D eigenvalue weighted by Crippen LogP contribution is 2.12. The van der Waals surface area contributed by atoms with Crippen LogP contribution in [-0.4, -0.2) is 13.1 Å². The monoisotopic (exact) mass is 155 g/mol. The predicted octanol–water partition coefficient (Wildman–Crippen LogP) is 2.59. The molecule has 11 heavy (non-hydrogen) atoms. The molecular formula is C10H21N. The third-order valence-corrected chi connectivity index (χ3v) is 1.98. The molecule has 1 heterocycles. The summed E-state index contributed by atoms with van der Waals surface area (Å²) in [5.74, 6) is 0.976. The molecule has 1 saturated heterocycles. The number of piperidine rings is 1. The predicted molar refractivity (Wildman–Crippen MR) is 51.8 cm³/mol. The average Bonchev–Trinajstić information content (AvgIpc) is 2.08. The van der Waals surface area contributed by atoms with Crippen LogP contribution in [0, 0.1) is 5.92 Å². The van der Waals surface area contributed by atoms with Crippen molar-refractivity contribution in [3.63, 3.8) is 0 Å². The van der Waals surface area contributed by atoms with Gasteiger partial charge in [-0.15, -0.1) is 6.58 Å². The standard InChI is InChI=1S/C7H15N.C3H6/c1-2-7-4-3-5-8-6-7;1-3-2/h7-8H,2-6H2,1H3;3H,1H2,2H3/t7-;/m0./s1. The summed E-state index contributed by atoms with van der Waals surface area (Å²) in [6.45, 7) is 10.0. The minimum atomic E-state index is 0.976. The number of hydrogen-bond acceptors (Lipinski definition) is 1. The maximum Gasteiger partial charge on any atom is -0.00206 e. The molecule has 1 N–H and O–H groups in total. The topological polar surface area (TPSA) is 12.0 Å². The van der Waals surface area contributed by atoms with E-state index in [1.807, 2.05) is 6.92 Å². The van der Waals surface area contributed by atoms with E-state index in [0.717, 1.165) is 5.92 Å². The molecule has 0 aromatic carbocycles. The van der Waals surface area contributed by atoms with Crippen molar-refractivity contribution in [2.75, 3.05) is 13.1 Å². The van der Waals surface area contributed by atoms with Crippen LogP contribution < -0.4 is 5.32 Å². The molecule has 1 heteroatoms. The van der Waals surface area contributed by atoms with Crippen LogP contribution in [-0.2, 0) is 0 Å². The van der Waals surface area contributed by atoms with Gasteiger partial charge in [-0.25, -0.2) is 0 Å². The molecule has 1 fully saturated rings. The molecule has 0 saturated carbocycles. The van der Waals surface area contributed by atoms with E-state index < -0.39 is 0 Å². The van der Waals surface area contributed by atoms with Gasteiger partial charge in [0.2, 0.25) is 0 Å². The van der Waals surface area contributed by atoms with Crippen molar-refractivity contribution >= 4 is 0 Å². The second-order valence-electron chi connectivity index (χ2n) is 3.03. The van der Waals surface area contributed by atoms with Gasteiger partial charge in [0.1, 0.15) is 0 Å². The Morgan fingerprint density at radius 2 is 2.27 bits per heavy atom. The Balaban J connectivity index is 0.000000292. The Labute approximate surface area is 70.9 Å².